The molecule has 1 spiro atoms. The Balaban J connectivity index is 2.03. The third-order valence-electron chi connectivity index (χ3n) is 3.33. The van der Waals surface area contributed by atoms with Crippen LogP contribution in [0.4, 0.5) is 0 Å². The SMILES string of the molecule is CC(C)CC1NC(=O)C2(CCC2)NC1=O. The van der Waals surface area contributed by atoms with E-state index in [1.54, 1.807) is 0 Å². The fourth-order valence-electron chi connectivity index (χ4n) is 2.26. The van der Waals surface area contributed by atoms with E-state index in [9.17, 15) is 9.59 Å². The van der Waals surface area contributed by atoms with Crippen molar-refractivity contribution in [1.29, 1.82) is 0 Å². The molecular weight excluding hydrogens is 192 g/mol. The van der Waals surface area contributed by atoms with Crippen LogP contribution in [0.1, 0.15) is 39.5 Å². The van der Waals surface area contributed by atoms with Crippen LogP contribution in [0.15, 0.2) is 0 Å². The zero-order chi connectivity index (χ0) is 11.1. The first-order valence-electron chi connectivity index (χ1n) is 5.66. The fourth-order valence-corrected chi connectivity index (χ4v) is 2.26. The van der Waals surface area contributed by atoms with Crippen molar-refractivity contribution in [2.75, 3.05) is 0 Å². The summed E-state index contributed by atoms with van der Waals surface area (Å²) in [6.07, 6.45) is 3.33. The molecule has 4 heteroatoms. The molecule has 1 saturated carbocycles. The molecule has 2 fully saturated rings. The minimum Gasteiger partial charge on any atom is -0.342 e. The number of nitrogens with one attached hydrogen (secondary N) is 2. The summed E-state index contributed by atoms with van der Waals surface area (Å²) < 4.78 is 0. The van der Waals surface area contributed by atoms with E-state index in [4.69, 9.17) is 0 Å². The number of rotatable bonds is 2. The Bertz CT molecular complexity index is 295. The van der Waals surface area contributed by atoms with Gasteiger partial charge in [0.05, 0.1) is 0 Å². The van der Waals surface area contributed by atoms with Gasteiger partial charge in [-0.05, 0) is 31.6 Å². The lowest BCUT2D eigenvalue weighted by Crippen LogP contribution is -2.72. The maximum atomic E-state index is 11.8. The van der Waals surface area contributed by atoms with E-state index in [2.05, 4.69) is 10.6 Å². The van der Waals surface area contributed by atoms with E-state index < -0.39 is 5.54 Å². The number of amides is 2. The van der Waals surface area contributed by atoms with E-state index in [0.717, 1.165) is 19.3 Å². The third-order valence-corrected chi connectivity index (χ3v) is 3.33. The van der Waals surface area contributed by atoms with E-state index in [1.165, 1.54) is 0 Å². The summed E-state index contributed by atoms with van der Waals surface area (Å²) >= 11 is 0. The van der Waals surface area contributed by atoms with Crippen LogP contribution in [0.3, 0.4) is 0 Å². The van der Waals surface area contributed by atoms with E-state index >= 15 is 0 Å². The van der Waals surface area contributed by atoms with Crippen molar-refractivity contribution in [2.24, 2.45) is 5.92 Å². The molecule has 2 N–H and O–H groups in total. The van der Waals surface area contributed by atoms with Crippen molar-refractivity contribution < 1.29 is 9.59 Å². The second-order valence-corrected chi connectivity index (χ2v) is 5.08. The van der Waals surface area contributed by atoms with E-state index in [0.29, 0.717) is 12.3 Å². The molecule has 1 aliphatic heterocycles. The van der Waals surface area contributed by atoms with Gasteiger partial charge in [0.15, 0.2) is 0 Å². The van der Waals surface area contributed by atoms with Crippen LogP contribution in [-0.2, 0) is 9.59 Å². The first-order valence-corrected chi connectivity index (χ1v) is 5.66. The second kappa shape index (κ2) is 3.51. The smallest absolute Gasteiger partial charge is 0.246 e. The number of hydrogen-bond acceptors (Lipinski definition) is 2. The molecule has 1 atom stereocenters. The van der Waals surface area contributed by atoms with Gasteiger partial charge in [0.2, 0.25) is 11.8 Å². The molecule has 1 aliphatic carbocycles. The second-order valence-electron chi connectivity index (χ2n) is 5.08. The molecule has 2 rings (SSSR count). The van der Waals surface area contributed by atoms with Gasteiger partial charge in [-0.3, -0.25) is 9.59 Å². The lowest BCUT2D eigenvalue weighted by Gasteiger charge is -2.45. The maximum absolute atomic E-state index is 11.8. The van der Waals surface area contributed by atoms with Crippen molar-refractivity contribution >= 4 is 11.8 Å². The summed E-state index contributed by atoms with van der Waals surface area (Å²) in [5.74, 6) is 0.415. The van der Waals surface area contributed by atoms with Gasteiger partial charge in [0.1, 0.15) is 11.6 Å². The van der Waals surface area contributed by atoms with Gasteiger partial charge in [-0.25, -0.2) is 0 Å². The summed E-state index contributed by atoms with van der Waals surface area (Å²) in [7, 11) is 0. The molecule has 15 heavy (non-hydrogen) atoms. The highest BCUT2D eigenvalue weighted by Gasteiger charge is 2.50. The van der Waals surface area contributed by atoms with Gasteiger partial charge in [-0.1, -0.05) is 13.8 Å². The quantitative estimate of drug-likeness (QED) is 0.700. The molecule has 0 aromatic heterocycles. The summed E-state index contributed by atoms with van der Waals surface area (Å²) in [5, 5.41) is 5.72. The van der Waals surface area contributed by atoms with Crippen molar-refractivity contribution in [3.8, 4) is 0 Å². The number of carbonyl (C=O) groups is 2. The van der Waals surface area contributed by atoms with Gasteiger partial charge in [0.25, 0.3) is 0 Å². The zero-order valence-corrected chi connectivity index (χ0v) is 9.30. The third kappa shape index (κ3) is 1.73. The van der Waals surface area contributed by atoms with Gasteiger partial charge in [-0.2, -0.15) is 0 Å². The van der Waals surface area contributed by atoms with Gasteiger partial charge < -0.3 is 10.6 Å². The Labute approximate surface area is 89.8 Å². The molecule has 84 valence electrons. The highest BCUT2D eigenvalue weighted by Crippen LogP contribution is 2.34. The summed E-state index contributed by atoms with van der Waals surface area (Å²) in [6, 6.07) is -0.330. The van der Waals surface area contributed by atoms with Crippen molar-refractivity contribution in [3.63, 3.8) is 0 Å². The Hall–Kier alpha value is -1.06. The highest BCUT2D eigenvalue weighted by atomic mass is 16.2. The average molecular weight is 210 g/mol. The molecule has 0 aromatic rings. The van der Waals surface area contributed by atoms with Crippen LogP contribution in [-0.4, -0.2) is 23.4 Å². The minimum absolute atomic E-state index is 0.0111. The standard InChI is InChI=1S/C11H18N2O2/c1-7(2)6-8-9(14)13-11(4-3-5-11)10(15)12-8/h7-8H,3-6H2,1-2H3,(H,12,15)(H,13,14). The minimum atomic E-state index is -0.551. The van der Waals surface area contributed by atoms with Crippen LogP contribution in [0.5, 0.6) is 0 Å². The predicted molar refractivity (Wildman–Crippen MR) is 56.1 cm³/mol. The van der Waals surface area contributed by atoms with Gasteiger partial charge in [0, 0.05) is 0 Å². The average Bonchev–Trinajstić information content (AvgIpc) is 2.07. The van der Waals surface area contributed by atoms with Gasteiger partial charge >= 0.3 is 0 Å². The predicted octanol–water partition coefficient (Wildman–Crippen LogP) is 0.570. The Morgan fingerprint density at radius 3 is 2.53 bits per heavy atom. The summed E-state index contributed by atoms with van der Waals surface area (Å²) in [6.45, 7) is 4.10. The molecule has 1 unspecified atom stereocenters. The highest BCUT2D eigenvalue weighted by molar-refractivity contribution is 6.00. The Morgan fingerprint density at radius 2 is 2.07 bits per heavy atom. The molecule has 0 radical (unpaired) electrons. The zero-order valence-electron chi connectivity index (χ0n) is 9.30. The molecule has 1 saturated heterocycles. The van der Waals surface area contributed by atoms with Crippen molar-refractivity contribution in [3.05, 3.63) is 0 Å². The van der Waals surface area contributed by atoms with Crippen molar-refractivity contribution in [1.82, 2.24) is 10.6 Å². The topological polar surface area (TPSA) is 58.2 Å². The van der Waals surface area contributed by atoms with Crippen LogP contribution < -0.4 is 10.6 Å². The molecule has 0 aromatic carbocycles. The largest absolute Gasteiger partial charge is 0.342 e. The molecule has 2 amide bonds. The Kier molecular flexibility index (Phi) is 2.44. The first kappa shape index (κ1) is 10.5. The van der Waals surface area contributed by atoms with Crippen LogP contribution in [0, 0.1) is 5.92 Å². The van der Waals surface area contributed by atoms with Crippen molar-refractivity contribution in [2.45, 2.75) is 51.1 Å². The summed E-state index contributed by atoms with van der Waals surface area (Å²) in [4.78, 5) is 23.6. The monoisotopic (exact) mass is 210 g/mol. The Morgan fingerprint density at radius 1 is 1.40 bits per heavy atom. The molecule has 0 bridgehead atoms. The maximum Gasteiger partial charge on any atom is 0.246 e. The molecule has 4 nitrogen and oxygen atoms in total. The van der Waals surface area contributed by atoms with Crippen LogP contribution >= 0.6 is 0 Å². The number of hydrogen-bond donors (Lipinski definition) is 2. The number of piperazine rings is 1. The van der Waals surface area contributed by atoms with E-state index in [-0.39, 0.29) is 17.9 Å². The van der Waals surface area contributed by atoms with Gasteiger partial charge in [-0.15, -0.1) is 0 Å². The lowest BCUT2D eigenvalue weighted by atomic mass is 9.74. The van der Waals surface area contributed by atoms with Crippen LogP contribution in [0.25, 0.3) is 0 Å². The van der Waals surface area contributed by atoms with Crippen LogP contribution in [0.2, 0.25) is 0 Å². The first-order chi connectivity index (χ1) is 7.03. The lowest BCUT2D eigenvalue weighted by molar-refractivity contribution is -0.145. The number of carbonyl (C=O) groups excluding carboxylic acids is 2. The van der Waals surface area contributed by atoms with E-state index in [1.807, 2.05) is 13.8 Å². The summed E-state index contributed by atoms with van der Waals surface area (Å²) in [5.41, 5.74) is -0.551. The molecule has 2 aliphatic rings. The fraction of sp³-hybridized carbons (Fsp3) is 0.818. The normalized spacial score (nSPS) is 28.6. The molecule has 1 heterocycles. The molecular formula is C11H18N2O2.